The quantitative estimate of drug-likeness (QED) is 0.823. The highest BCUT2D eigenvalue weighted by molar-refractivity contribution is 5.98. The van der Waals surface area contributed by atoms with Gasteiger partial charge < -0.3 is 15.0 Å². The fraction of sp³-hybridized carbons (Fsp3) is 0.333. The highest BCUT2D eigenvalue weighted by Gasteiger charge is 2.64. The summed E-state index contributed by atoms with van der Waals surface area (Å²) in [4.78, 5) is 27.0. The number of carbonyl (C=O) groups excluding carboxylic acids is 1. The van der Waals surface area contributed by atoms with Crippen molar-refractivity contribution in [3.05, 3.63) is 35.8 Å². The number of nitrogens with one attached hydrogen (secondary N) is 1. The summed E-state index contributed by atoms with van der Waals surface area (Å²) in [6, 6.07) is 5.36. The molecule has 0 saturated carbocycles. The second-order valence-corrected chi connectivity index (χ2v) is 5.75. The van der Waals surface area contributed by atoms with Gasteiger partial charge in [-0.05, 0) is 24.6 Å². The Morgan fingerprint density at radius 3 is 2.54 bits per heavy atom. The molecule has 0 radical (unpaired) electrons. The first kappa shape index (κ1) is 16.3. The number of hydrogen-bond acceptors (Lipinski definition) is 2. The monoisotopic (exact) mass is 344 g/mol. The van der Waals surface area contributed by atoms with Gasteiger partial charge in [-0.3, -0.25) is 9.59 Å². The molecule has 2 aromatic rings. The van der Waals surface area contributed by atoms with Crippen LogP contribution >= 0.6 is 0 Å². The topological polar surface area (TPSA) is 73.4 Å². The Hall–Kier alpha value is -2.58. The number of halogens is 4. The van der Waals surface area contributed by atoms with E-state index < -0.39 is 42.3 Å². The average Bonchev–Trinajstić information content (AvgIpc) is 3.11. The SMILES string of the molecule is O=C(c1cc2c(F)cccc2[nH]1)N1CCC(C(=O)O)(C(F)(F)F)C1. The van der Waals surface area contributed by atoms with Gasteiger partial charge in [-0.15, -0.1) is 0 Å². The number of rotatable bonds is 2. The zero-order valence-corrected chi connectivity index (χ0v) is 12.2. The van der Waals surface area contributed by atoms with Gasteiger partial charge in [-0.25, -0.2) is 4.39 Å². The standard InChI is InChI=1S/C15H12F4N2O3/c16-9-2-1-3-10-8(9)6-11(20-10)12(22)21-5-4-14(7-21,13(23)24)15(17,18)19/h1-3,6,20H,4-5,7H2,(H,23,24). The van der Waals surface area contributed by atoms with Crippen molar-refractivity contribution in [3.8, 4) is 0 Å². The number of nitrogens with zero attached hydrogens (tertiary/aromatic N) is 1. The van der Waals surface area contributed by atoms with Crippen LogP contribution in [-0.4, -0.2) is 46.1 Å². The van der Waals surface area contributed by atoms with Crippen molar-refractivity contribution in [1.82, 2.24) is 9.88 Å². The summed E-state index contributed by atoms with van der Waals surface area (Å²) in [6.07, 6.45) is -5.69. The molecule has 1 amide bonds. The van der Waals surface area contributed by atoms with Crippen LogP contribution in [0.2, 0.25) is 0 Å². The van der Waals surface area contributed by atoms with Gasteiger partial charge in [0.25, 0.3) is 5.91 Å². The lowest BCUT2D eigenvalue weighted by atomic mass is 9.86. The molecule has 24 heavy (non-hydrogen) atoms. The number of likely N-dealkylation sites (tertiary alicyclic amines) is 1. The van der Waals surface area contributed by atoms with E-state index >= 15 is 0 Å². The Morgan fingerprint density at radius 2 is 2.00 bits per heavy atom. The van der Waals surface area contributed by atoms with Crippen LogP contribution in [0.1, 0.15) is 16.9 Å². The Morgan fingerprint density at radius 1 is 1.29 bits per heavy atom. The smallest absolute Gasteiger partial charge is 0.406 e. The van der Waals surface area contributed by atoms with Crippen LogP contribution in [0, 0.1) is 11.2 Å². The maximum Gasteiger partial charge on any atom is 0.406 e. The van der Waals surface area contributed by atoms with Gasteiger partial charge in [-0.2, -0.15) is 13.2 Å². The normalized spacial score (nSPS) is 21.4. The lowest BCUT2D eigenvalue weighted by Crippen LogP contribution is -2.47. The molecule has 128 valence electrons. The molecular weight excluding hydrogens is 332 g/mol. The van der Waals surface area contributed by atoms with Gasteiger partial charge in [0.05, 0.1) is 0 Å². The van der Waals surface area contributed by atoms with Crippen molar-refractivity contribution in [2.75, 3.05) is 13.1 Å². The Kier molecular flexibility index (Phi) is 3.54. The van der Waals surface area contributed by atoms with E-state index in [1.807, 2.05) is 0 Å². The maximum absolute atomic E-state index is 13.7. The molecule has 1 unspecified atom stereocenters. The minimum absolute atomic E-state index is 0.0848. The van der Waals surface area contributed by atoms with Crippen LogP contribution in [0.25, 0.3) is 10.9 Å². The molecule has 1 saturated heterocycles. The summed E-state index contributed by atoms with van der Waals surface area (Å²) in [6.45, 7) is -1.31. The summed E-state index contributed by atoms with van der Waals surface area (Å²) >= 11 is 0. The number of aliphatic carboxylic acids is 1. The lowest BCUT2D eigenvalue weighted by Gasteiger charge is -2.27. The van der Waals surface area contributed by atoms with E-state index in [1.165, 1.54) is 24.3 Å². The first-order valence-electron chi connectivity index (χ1n) is 7.02. The Labute approximate surface area is 132 Å². The Balaban J connectivity index is 1.91. The number of carbonyl (C=O) groups is 2. The number of benzene rings is 1. The van der Waals surface area contributed by atoms with E-state index in [0.29, 0.717) is 5.52 Å². The summed E-state index contributed by atoms with van der Waals surface area (Å²) in [5, 5.41) is 9.14. The van der Waals surface area contributed by atoms with Crippen molar-refractivity contribution in [2.24, 2.45) is 5.41 Å². The molecule has 2 heterocycles. The van der Waals surface area contributed by atoms with Gasteiger partial charge in [0.15, 0.2) is 5.41 Å². The summed E-state index contributed by atoms with van der Waals surface area (Å²) < 4.78 is 53.1. The summed E-state index contributed by atoms with van der Waals surface area (Å²) in [7, 11) is 0. The molecule has 1 fully saturated rings. The molecule has 1 atom stereocenters. The largest absolute Gasteiger partial charge is 0.481 e. The molecule has 5 nitrogen and oxygen atoms in total. The summed E-state index contributed by atoms with van der Waals surface area (Å²) in [5.74, 6) is -3.37. The van der Waals surface area contributed by atoms with E-state index in [9.17, 15) is 27.2 Å². The molecule has 1 aliphatic rings. The zero-order valence-electron chi connectivity index (χ0n) is 12.2. The number of carboxylic acids is 1. The van der Waals surface area contributed by atoms with E-state index in [4.69, 9.17) is 5.11 Å². The molecule has 1 aromatic carbocycles. The predicted molar refractivity (Wildman–Crippen MR) is 74.9 cm³/mol. The predicted octanol–water partition coefficient (Wildman–Crippen LogP) is 2.79. The van der Waals surface area contributed by atoms with Gasteiger partial charge in [0.2, 0.25) is 0 Å². The Bertz CT molecular complexity index is 830. The molecule has 9 heteroatoms. The van der Waals surface area contributed by atoms with Gasteiger partial charge in [0, 0.05) is 24.0 Å². The molecule has 2 N–H and O–H groups in total. The van der Waals surface area contributed by atoms with Gasteiger partial charge in [0.1, 0.15) is 11.5 Å². The fourth-order valence-corrected chi connectivity index (χ4v) is 2.91. The average molecular weight is 344 g/mol. The minimum Gasteiger partial charge on any atom is -0.481 e. The third kappa shape index (κ3) is 2.31. The maximum atomic E-state index is 13.7. The lowest BCUT2D eigenvalue weighted by molar-refractivity contribution is -0.227. The number of aromatic nitrogens is 1. The van der Waals surface area contributed by atoms with Crippen LogP contribution in [-0.2, 0) is 4.79 Å². The van der Waals surface area contributed by atoms with Crippen LogP contribution in [0.4, 0.5) is 17.6 Å². The molecule has 0 spiro atoms. The molecule has 0 bridgehead atoms. The number of hydrogen-bond donors (Lipinski definition) is 2. The summed E-state index contributed by atoms with van der Waals surface area (Å²) in [5.41, 5.74) is -2.73. The highest BCUT2D eigenvalue weighted by atomic mass is 19.4. The van der Waals surface area contributed by atoms with Crippen molar-refractivity contribution in [1.29, 1.82) is 0 Å². The highest BCUT2D eigenvalue weighted by Crippen LogP contribution is 2.46. The van der Waals surface area contributed by atoms with Crippen LogP contribution in [0.5, 0.6) is 0 Å². The third-order valence-electron chi connectivity index (χ3n) is 4.35. The number of H-pyrrole nitrogens is 1. The van der Waals surface area contributed by atoms with E-state index in [1.54, 1.807) is 0 Å². The second-order valence-electron chi connectivity index (χ2n) is 5.75. The molecule has 3 rings (SSSR count). The number of carboxylic acid groups (broad SMARTS) is 1. The molecule has 0 aliphatic carbocycles. The molecule has 1 aromatic heterocycles. The van der Waals surface area contributed by atoms with Crippen molar-refractivity contribution < 1.29 is 32.3 Å². The number of fused-ring (bicyclic) bond motifs is 1. The van der Waals surface area contributed by atoms with Crippen molar-refractivity contribution >= 4 is 22.8 Å². The molecule has 1 aliphatic heterocycles. The van der Waals surface area contributed by atoms with Crippen molar-refractivity contribution in [3.63, 3.8) is 0 Å². The van der Waals surface area contributed by atoms with Gasteiger partial charge in [-0.1, -0.05) is 6.07 Å². The van der Waals surface area contributed by atoms with Crippen LogP contribution in [0.3, 0.4) is 0 Å². The van der Waals surface area contributed by atoms with Crippen LogP contribution in [0.15, 0.2) is 24.3 Å². The third-order valence-corrected chi connectivity index (χ3v) is 4.35. The second kappa shape index (κ2) is 5.22. The van der Waals surface area contributed by atoms with E-state index in [-0.39, 0.29) is 17.6 Å². The van der Waals surface area contributed by atoms with Crippen LogP contribution < -0.4 is 0 Å². The number of alkyl halides is 3. The molecular formula is C15H12F4N2O3. The first-order valence-corrected chi connectivity index (χ1v) is 7.02. The first-order chi connectivity index (χ1) is 11.2. The van der Waals surface area contributed by atoms with E-state index in [0.717, 1.165) is 4.90 Å². The number of amides is 1. The number of aromatic amines is 1. The van der Waals surface area contributed by atoms with Crippen molar-refractivity contribution in [2.45, 2.75) is 12.6 Å². The fourth-order valence-electron chi connectivity index (χ4n) is 2.91. The minimum atomic E-state index is -4.97. The van der Waals surface area contributed by atoms with E-state index in [2.05, 4.69) is 4.98 Å². The van der Waals surface area contributed by atoms with Gasteiger partial charge >= 0.3 is 12.1 Å². The zero-order chi connectivity index (χ0) is 17.7.